The molecule has 146 valence electrons. The number of benzene rings is 3. The van der Waals surface area contributed by atoms with Gasteiger partial charge in [0.15, 0.2) is 5.54 Å². The molecule has 0 fully saturated rings. The monoisotopic (exact) mass is 394 g/mol. The van der Waals surface area contributed by atoms with Crippen molar-refractivity contribution < 1.29 is 4.79 Å². The lowest BCUT2D eigenvalue weighted by molar-refractivity contribution is -0.125. The Balaban J connectivity index is 1.43. The first-order chi connectivity index (χ1) is 14.7. The van der Waals surface area contributed by atoms with Gasteiger partial charge in [-0.15, -0.1) is 5.10 Å². The topological polar surface area (TPSA) is 81.1 Å². The molecule has 0 saturated heterocycles. The van der Waals surface area contributed by atoms with Gasteiger partial charge in [0, 0.05) is 11.1 Å². The van der Waals surface area contributed by atoms with Crippen LogP contribution >= 0.6 is 0 Å². The van der Waals surface area contributed by atoms with Gasteiger partial charge in [0.25, 0.3) is 5.91 Å². The quantitative estimate of drug-likeness (QED) is 0.547. The number of fused-ring (bicyclic) bond motifs is 6. The first-order valence-corrected chi connectivity index (χ1v) is 9.75. The molecule has 0 unspecified atom stereocenters. The van der Waals surface area contributed by atoms with Crippen molar-refractivity contribution in [3.05, 3.63) is 83.9 Å². The van der Waals surface area contributed by atoms with Crippen LogP contribution in [0.5, 0.6) is 0 Å². The normalized spacial score (nSPS) is 17.6. The van der Waals surface area contributed by atoms with Gasteiger partial charge in [0.05, 0.1) is 11.4 Å². The molecule has 2 aliphatic heterocycles. The van der Waals surface area contributed by atoms with Crippen molar-refractivity contribution in [2.45, 2.75) is 12.5 Å². The van der Waals surface area contributed by atoms with E-state index in [4.69, 9.17) is 0 Å². The average Bonchev–Trinajstić information content (AvgIpc) is 3.06. The minimum Gasteiger partial charge on any atom is -0.291 e. The van der Waals surface area contributed by atoms with Gasteiger partial charge in [-0.2, -0.15) is 0 Å². The Labute approximate surface area is 173 Å². The Morgan fingerprint density at radius 2 is 1.50 bits per heavy atom. The van der Waals surface area contributed by atoms with E-state index >= 15 is 0 Å². The van der Waals surface area contributed by atoms with E-state index in [2.05, 4.69) is 26.3 Å². The SMILES string of the molecule is CC1=Nc2ccccc2NN1C1=NNC2(C(=O)N1)c1ccccc1-c1ccccc12. The highest BCUT2D eigenvalue weighted by Gasteiger charge is 2.52. The van der Waals surface area contributed by atoms with Crippen LogP contribution in [0.2, 0.25) is 0 Å². The van der Waals surface area contributed by atoms with E-state index < -0.39 is 5.54 Å². The molecule has 1 aliphatic carbocycles. The van der Waals surface area contributed by atoms with Crippen molar-refractivity contribution >= 4 is 29.1 Å². The van der Waals surface area contributed by atoms with Crippen LogP contribution in [0.3, 0.4) is 0 Å². The van der Waals surface area contributed by atoms with E-state index in [0.29, 0.717) is 11.8 Å². The molecule has 3 N–H and O–H groups in total. The van der Waals surface area contributed by atoms with Gasteiger partial charge < -0.3 is 0 Å². The molecular weight excluding hydrogens is 376 g/mol. The van der Waals surface area contributed by atoms with E-state index in [1.54, 1.807) is 5.01 Å². The Morgan fingerprint density at radius 3 is 2.20 bits per heavy atom. The summed E-state index contributed by atoms with van der Waals surface area (Å²) >= 11 is 0. The van der Waals surface area contributed by atoms with E-state index in [-0.39, 0.29) is 5.91 Å². The number of amidine groups is 1. The molecule has 1 amide bonds. The summed E-state index contributed by atoms with van der Waals surface area (Å²) in [5.41, 5.74) is 11.0. The number of para-hydroxylation sites is 2. The van der Waals surface area contributed by atoms with Crippen LogP contribution in [0, 0.1) is 0 Å². The van der Waals surface area contributed by atoms with Crippen LogP contribution in [0.25, 0.3) is 11.1 Å². The summed E-state index contributed by atoms with van der Waals surface area (Å²) in [6, 6.07) is 23.6. The van der Waals surface area contributed by atoms with Crippen molar-refractivity contribution in [3.63, 3.8) is 0 Å². The number of hydrazine groups is 1. The lowest BCUT2D eigenvalue weighted by Gasteiger charge is -2.38. The van der Waals surface area contributed by atoms with Crippen LogP contribution in [-0.4, -0.2) is 22.7 Å². The van der Waals surface area contributed by atoms with Gasteiger partial charge in [0.2, 0.25) is 5.96 Å². The fraction of sp³-hybridized carbons (Fsp3) is 0.0870. The summed E-state index contributed by atoms with van der Waals surface area (Å²) in [6.45, 7) is 1.86. The van der Waals surface area contributed by atoms with Crippen molar-refractivity contribution in [1.29, 1.82) is 0 Å². The van der Waals surface area contributed by atoms with Gasteiger partial charge >= 0.3 is 0 Å². The molecule has 0 bridgehead atoms. The predicted octanol–water partition coefficient (Wildman–Crippen LogP) is 3.29. The second-order valence-electron chi connectivity index (χ2n) is 7.47. The minimum atomic E-state index is -1.06. The maximum absolute atomic E-state index is 13.6. The third-order valence-electron chi connectivity index (χ3n) is 5.80. The molecule has 6 rings (SSSR count). The van der Waals surface area contributed by atoms with Crippen molar-refractivity contribution in [2.24, 2.45) is 10.1 Å². The number of carbonyl (C=O) groups excluding carboxylic acids is 1. The molecule has 0 atom stereocenters. The summed E-state index contributed by atoms with van der Waals surface area (Å²) in [5.74, 6) is 0.847. The van der Waals surface area contributed by atoms with Crippen molar-refractivity contribution in [3.8, 4) is 11.1 Å². The number of nitrogens with one attached hydrogen (secondary N) is 3. The molecule has 1 spiro atoms. The number of nitrogens with zero attached hydrogens (tertiary/aromatic N) is 3. The van der Waals surface area contributed by atoms with Crippen molar-refractivity contribution in [2.75, 3.05) is 5.43 Å². The molecule has 3 aromatic carbocycles. The molecular formula is C23H18N6O. The lowest BCUT2D eigenvalue weighted by atomic mass is 9.86. The van der Waals surface area contributed by atoms with Gasteiger partial charge in [0.1, 0.15) is 5.84 Å². The molecule has 0 saturated carbocycles. The number of hydrogen-bond acceptors (Lipinski definition) is 6. The lowest BCUT2D eigenvalue weighted by Crippen LogP contribution is -2.63. The maximum atomic E-state index is 13.6. The summed E-state index contributed by atoms with van der Waals surface area (Å²) in [5, 5.41) is 9.24. The fourth-order valence-corrected chi connectivity index (χ4v) is 4.41. The molecule has 7 heteroatoms. The van der Waals surface area contributed by atoms with Crippen LogP contribution < -0.4 is 16.2 Å². The van der Waals surface area contributed by atoms with E-state index in [1.165, 1.54) is 0 Å². The number of aliphatic imine (C=N–C) groups is 1. The average molecular weight is 394 g/mol. The van der Waals surface area contributed by atoms with E-state index in [9.17, 15) is 4.79 Å². The third-order valence-corrected chi connectivity index (χ3v) is 5.80. The first kappa shape index (κ1) is 16.8. The van der Waals surface area contributed by atoms with Crippen LogP contribution in [0.15, 0.2) is 82.9 Å². The summed E-state index contributed by atoms with van der Waals surface area (Å²) in [7, 11) is 0. The number of hydrazone groups is 1. The fourth-order valence-electron chi connectivity index (χ4n) is 4.41. The van der Waals surface area contributed by atoms with E-state index in [0.717, 1.165) is 33.6 Å². The summed E-state index contributed by atoms with van der Waals surface area (Å²) in [6.07, 6.45) is 0. The Bertz CT molecular complexity index is 1230. The van der Waals surface area contributed by atoms with Crippen LogP contribution in [0.4, 0.5) is 11.4 Å². The number of guanidine groups is 1. The second-order valence-corrected chi connectivity index (χ2v) is 7.47. The summed E-state index contributed by atoms with van der Waals surface area (Å²) < 4.78 is 0. The van der Waals surface area contributed by atoms with Crippen molar-refractivity contribution in [1.82, 2.24) is 15.8 Å². The molecule has 0 radical (unpaired) electrons. The first-order valence-electron chi connectivity index (χ1n) is 9.75. The Hall–Kier alpha value is -4.13. The molecule has 2 heterocycles. The standard InChI is InChI=1S/C23H18N6O/c1-14-24-19-12-6-7-13-20(19)27-29(14)22-25-21(30)23(28-26-22)17-10-4-2-8-15(17)16-9-3-5-11-18(16)23/h2-13,27-28H,1H3,(H,25,26,30). The zero-order valence-electron chi connectivity index (χ0n) is 16.2. The zero-order chi connectivity index (χ0) is 20.3. The molecule has 30 heavy (non-hydrogen) atoms. The number of hydrogen-bond donors (Lipinski definition) is 3. The number of rotatable bonds is 0. The van der Waals surface area contributed by atoms with Gasteiger partial charge in [-0.1, -0.05) is 60.7 Å². The molecule has 3 aliphatic rings. The second kappa shape index (κ2) is 5.93. The van der Waals surface area contributed by atoms with Gasteiger partial charge in [-0.25, -0.2) is 10.0 Å². The smallest absolute Gasteiger partial charge is 0.263 e. The highest BCUT2D eigenvalue weighted by Crippen LogP contribution is 2.48. The minimum absolute atomic E-state index is 0.182. The van der Waals surface area contributed by atoms with Crippen LogP contribution in [0.1, 0.15) is 18.1 Å². The van der Waals surface area contributed by atoms with Gasteiger partial charge in [-0.05, 0) is 30.2 Å². The number of carbonyl (C=O) groups is 1. The number of anilines is 1. The molecule has 7 nitrogen and oxygen atoms in total. The predicted molar refractivity (Wildman–Crippen MR) is 116 cm³/mol. The highest BCUT2D eigenvalue weighted by molar-refractivity contribution is 6.13. The zero-order valence-corrected chi connectivity index (χ0v) is 16.2. The van der Waals surface area contributed by atoms with Crippen LogP contribution in [-0.2, 0) is 10.3 Å². The maximum Gasteiger partial charge on any atom is 0.263 e. The molecule has 0 aromatic heterocycles. The van der Waals surface area contributed by atoms with E-state index in [1.807, 2.05) is 79.7 Å². The number of amides is 1. The molecule has 3 aromatic rings. The van der Waals surface area contributed by atoms with Gasteiger partial charge in [-0.3, -0.25) is 21.0 Å². The Kier molecular flexibility index (Phi) is 3.32. The highest BCUT2D eigenvalue weighted by atomic mass is 16.2. The largest absolute Gasteiger partial charge is 0.291 e. The third kappa shape index (κ3) is 2.11. The Morgan fingerprint density at radius 1 is 0.867 bits per heavy atom. The summed E-state index contributed by atoms with van der Waals surface area (Å²) in [4.78, 5) is 18.2.